The Labute approximate surface area is 145 Å². The Morgan fingerprint density at radius 2 is 1.92 bits per heavy atom. The van der Waals surface area contributed by atoms with Crippen molar-refractivity contribution in [3.63, 3.8) is 0 Å². The van der Waals surface area contributed by atoms with Crippen LogP contribution >= 0.6 is 11.6 Å². The second-order valence-corrected chi connectivity index (χ2v) is 6.38. The minimum atomic E-state index is -1.07. The zero-order valence-corrected chi connectivity index (χ0v) is 14.5. The van der Waals surface area contributed by atoms with E-state index in [1.165, 1.54) is 28.9 Å². The molecule has 0 heterocycles. The van der Waals surface area contributed by atoms with Gasteiger partial charge in [0.2, 0.25) is 0 Å². The summed E-state index contributed by atoms with van der Waals surface area (Å²) in [6.07, 6.45) is 1.55. The highest BCUT2D eigenvalue weighted by Crippen LogP contribution is 2.32. The van der Waals surface area contributed by atoms with Crippen molar-refractivity contribution in [1.29, 1.82) is 0 Å². The van der Waals surface area contributed by atoms with Crippen LogP contribution in [0.4, 0.5) is 10.5 Å². The molecular formula is C16H20ClN3O4. The van der Waals surface area contributed by atoms with Crippen molar-refractivity contribution in [2.24, 2.45) is 0 Å². The van der Waals surface area contributed by atoms with Crippen molar-refractivity contribution in [3.05, 3.63) is 28.8 Å². The van der Waals surface area contributed by atoms with Crippen molar-refractivity contribution in [3.8, 4) is 0 Å². The number of hydrogen-bond acceptors (Lipinski definition) is 3. The molecule has 0 bridgehead atoms. The molecule has 0 saturated heterocycles. The van der Waals surface area contributed by atoms with Crippen LogP contribution in [0.25, 0.3) is 0 Å². The van der Waals surface area contributed by atoms with Crippen LogP contribution in [0.2, 0.25) is 5.02 Å². The van der Waals surface area contributed by atoms with Crippen LogP contribution in [0.3, 0.4) is 0 Å². The van der Waals surface area contributed by atoms with Gasteiger partial charge in [0.25, 0.3) is 5.91 Å². The van der Waals surface area contributed by atoms with Crippen LogP contribution < -0.4 is 5.32 Å². The van der Waals surface area contributed by atoms with Gasteiger partial charge in [-0.2, -0.15) is 0 Å². The third-order valence-electron chi connectivity index (χ3n) is 3.80. The Morgan fingerprint density at radius 3 is 2.42 bits per heavy atom. The lowest BCUT2D eigenvalue weighted by Gasteiger charge is -2.27. The number of carbonyl (C=O) groups excluding carboxylic acids is 2. The molecule has 1 fully saturated rings. The van der Waals surface area contributed by atoms with E-state index in [4.69, 9.17) is 11.6 Å². The summed E-state index contributed by atoms with van der Waals surface area (Å²) in [6, 6.07) is 3.20. The Bertz CT molecular complexity index is 673. The molecule has 0 radical (unpaired) electrons. The summed E-state index contributed by atoms with van der Waals surface area (Å²) in [5.74, 6) is -1.51. The van der Waals surface area contributed by atoms with Crippen LogP contribution in [0.5, 0.6) is 0 Å². The van der Waals surface area contributed by atoms with E-state index in [0.717, 1.165) is 12.8 Å². The SMILES string of the molecule is CC(C(=O)O)N(C(=O)c1cc(NC(=O)N(C)C)ccc1Cl)C1CC1. The summed E-state index contributed by atoms with van der Waals surface area (Å²) in [5, 5.41) is 12.1. The van der Waals surface area contributed by atoms with E-state index in [9.17, 15) is 19.5 Å². The minimum Gasteiger partial charge on any atom is -0.480 e. The van der Waals surface area contributed by atoms with Crippen LogP contribution in [0.15, 0.2) is 18.2 Å². The van der Waals surface area contributed by atoms with E-state index in [0.29, 0.717) is 5.69 Å². The molecule has 1 aliphatic carbocycles. The van der Waals surface area contributed by atoms with Gasteiger partial charge in [-0.25, -0.2) is 9.59 Å². The third kappa shape index (κ3) is 3.97. The molecule has 1 aromatic carbocycles. The monoisotopic (exact) mass is 353 g/mol. The van der Waals surface area contributed by atoms with Gasteiger partial charge in [0.15, 0.2) is 0 Å². The highest BCUT2D eigenvalue weighted by Gasteiger charge is 2.39. The number of benzene rings is 1. The number of carbonyl (C=O) groups is 3. The number of halogens is 1. The molecule has 1 aliphatic rings. The fourth-order valence-corrected chi connectivity index (χ4v) is 2.47. The third-order valence-corrected chi connectivity index (χ3v) is 4.13. The Hall–Kier alpha value is -2.28. The number of anilines is 1. The van der Waals surface area contributed by atoms with Gasteiger partial charge >= 0.3 is 12.0 Å². The molecule has 7 nitrogen and oxygen atoms in total. The summed E-state index contributed by atoms with van der Waals surface area (Å²) >= 11 is 6.13. The van der Waals surface area contributed by atoms with Crippen molar-refractivity contribution >= 4 is 35.2 Å². The lowest BCUT2D eigenvalue weighted by Crippen LogP contribution is -2.44. The number of carboxylic acid groups (broad SMARTS) is 1. The summed E-state index contributed by atoms with van der Waals surface area (Å²) in [7, 11) is 3.20. The molecule has 2 N–H and O–H groups in total. The molecule has 0 spiro atoms. The molecule has 2 rings (SSSR count). The van der Waals surface area contributed by atoms with Crippen LogP contribution in [-0.4, -0.2) is 59.0 Å². The van der Waals surface area contributed by atoms with Crippen molar-refractivity contribution in [2.45, 2.75) is 31.8 Å². The number of hydrogen-bond donors (Lipinski definition) is 2. The van der Waals surface area contributed by atoms with E-state index >= 15 is 0 Å². The molecular weight excluding hydrogens is 334 g/mol. The van der Waals surface area contributed by atoms with Gasteiger partial charge in [0.1, 0.15) is 6.04 Å². The Morgan fingerprint density at radius 1 is 1.29 bits per heavy atom. The van der Waals surface area contributed by atoms with Crippen LogP contribution in [0, 0.1) is 0 Å². The maximum atomic E-state index is 12.8. The van der Waals surface area contributed by atoms with Crippen LogP contribution in [0.1, 0.15) is 30.1 Å². The maximum absolute atomic E-state index is 12.8. The van der Waals surface area contributed by atoms with Crippen molar-refractivity contribution in [1.82, 2.24) is 9.80 Å². The van der Waals surface area contributed by atoms with Gasteiger partial charge in [0, 0.05) is 25.8 Å². The number of amides is 3. The standard InChI is InChI=1S/C16H20ClN3O4/c1-9(15(22)23)20(11-5-6-11)14(21)12-8-10(4-7-13(12)17)18-16(24)19(2)3/h4,7-9,11H,5-6H2,1-3H3,(H,18,24)(H,22,23). The number of nitrogens with zero attached hydrogens (tertiary/aromatic N) is 2. The van der Waals surface area contributed by atoms with E-state index in [-0.39, 0.29) is 22.7 Å². The van der Waals surface area contributed by atoms with E-state index in [1.54, 1.807) is 20.2 Å². The molecule has 24 heavy (non-hydrogen) atoms. The molecule has 3 amide bonds. The van der Waals surface area contributed by atoms with Gasteiger partial charge in [-0.05, 0) is 38.0 Å². The van der Waals surface area contributed by atoms with E-state index in [2.05, 4.69) is 5.32 Å². The summed E-state index contributed by atoms with van der Waals surface area (Å²) < 4.78 is 0. The van der Waals surface area contributed by atoms with Crippen molar-refractivity contribution in [2.75, 3.05) is 19.4 Å². The van der Waals surface area contributed by atoms with E-state index in [1.807, 2.05) is 0 Å². The second-order valence-electron chi connectivity index (χ2n) is 5.98. The first-order valence-electron chi connectivity index (χ1n) is 7.55. The predicted molar refractivity (Wildman–Crippen MR) is 90.4 cm³/mol. The molecule has 1 atom stereocenters. The smallest absolute Gasteiger partial charge is 0.326 e. The zero-order valence-electron chi connectivity index (χ0n) is 13.7. The van der Waals surface area contributed by atoms with Gasteiger partial charge in [0.05, 0.1) is 10.6 Å². The summed E-state index contributed by atoms with van der Waals surface area (Å²) in [6.45, 7) is 1.48. The number of urea groups is 1. The molecule has 0 aliphatic heterocycles. The molecule has 8 heteroatoms. The number of aliphatic carboxylic acids is 1. The zero-order chi connectivity index (χ0) is 18.0. The summed E-state index contributed by atoms with van der Waals surface area (Å²) in [4.78, 5) is 38.6. The maximum Gasteiger partial charge on any atom is 0.326 e. The molecule has 130 valence electrons. The fraction of sp³-hybridized carbons (Fsp3) is 0.438. The van der Waals surface area contributed by atoms with E-state index < -0.39 is 17.9 Å². The highest BCUT2D eigenvalue weighted by molar-refractivity contribution is 6.34. The lowest BCUT2D eigenvalue weighted by molar-refractivity contribution is -0.141. The second kappa shape index (κ2) is 7.09. The number of carboxylic acids is 1. The highest BCUT2D eigenvalue weighted by atomic mass is 35.5. The topological polar surface area (TPSA) is 90.0 Å². The van der Waals surface area contributed by atoms with Gasteiger partial charge in [-0.1, -0.05) is 11.6 Å². The molecule has 1 saturated carbocycles. The molecule has 1 aromatic rings. The number of rotatable bonds is 5. The first kappa shape index (κ1) is 18.1. The molecule has 0 aromatic heterocycles. The average molecular weight is 354 g/mol. The van der Waals surface area contributed by atoms with Gasteiger partial charge in [-0.15, -0.1) is 0 Å². The van der Waals surface area contributed by atoms with Crippen LogP contribution in [-0.2, 0) is 4.79 Å². The minimum absolute atomic E-state index is 0.0836. The average Bonchev–Trinajstić information content (AvgIpc) is 3.33. The first-order chi connectivity index (χ1) is 11.2. The Kier molecular flexibility index (Phi) is 5.33. The molecule has 1 unspecified atom stereocenters. The normalized spacial score (nSPS) is 14.7. The summed E-state index contributed by atoms with van der Waals surface area (Å²) in [5.41, 5.74) is 0.591. The van der Waals surface area contributed by atoms with Gasteiger partial charge < -0.3 is 20.2 Å². The fourth-order valence-electron chi connectivity index (χ4n) is 2.27. The first-order valence-corrected chi connectivity index (χ1v) is 7.93. The quantitative estimate of drug-likeness (QED) is 0.851. The largest absolute Gasteiger partial charge is 0.480 e. The predicted octanol–water partition coefficient (Wildman–Crippen LogP) is 2.51. The number of nitrogens with one attached hydrogen (secondary N) is 1. The Balaban J connectivity index is 2.30. The van der Waals surface area contributed by atoms with Gasteiger partial charge in [-0.3, -0.25) is 4.79 Å². The lowest BCUT2D eigenvalue weighted by atomic mass is 10.1. The van der Waals surface area contributed by atoms with Crippen molar-refractivity contribution < 1.29 is 19.5 Å².